The van der Waals surface area contributed by atoms with E-state index in [9.17, 15) is 5.48 Å². The maximum atomic E-state index is 18.9. The van der Waals surface area contributed by atoms with Crippen molar-refractivity contribution in [3.63, 3.8) is 0 Å². The highest BCUT2D eigenvalue weighted by molar-refractivity contribution is 6.28. The maximum absolute atomic E-state index is 18.9. The van der Waals surface area contributed by atoms with Gasteiger partial charge in [-0.1, -0.05) is 214 Å². The Morgan fingerprint density at radius 3 is 0.908 bits per heavy atom. The zero-order valence-electron chi connectivity index (χ0n) is 53.5. The summed E-state index contributed by atoms with van der Waals surface area (Å²) in [6, 6.07) is 39.1. The average molecular weight is 999 g/mol. The van der Waals surface area contributed by atoms with E-state index in [2.05, 4.69) is 0 Å². The SMILES string of the molecule is [2H]c1c([2H])c([2H])c(N(c2c(-c3cc(C)cc(C)c3)ccc(-c3cc(C)cc(C)c3)c2F)c2ccc3ccc4c(N(c5c([2H])c([2H])c([2H])c([2H])c5[2H])c5c(-c6cc(C)cc(C)c6)ccc(-c6cc(C)cc(C)c6)c5F)ccc5ccc2c3c54)c([2H])c1[2H]. The summed E-state index contributed by atoms with van der Waals surface area (Å²) in [6.07, 6.45) is 0. The van der Waals surface area contributed by atoms with Gasteiger partial charge in [0.15, 0.2) is 11.6 Å². The number of nitrogens with zero attached hydrogens (tertiary/aromatic N) is 2. The molecule has 76 heavy (non-hydrogen) atoms. The second-order valence-electron chi connectivity index (χ2n) is 20.4. The molecule has 4 heteroatoms. The molecule has 0 radical (unpaired) electrons. The van der Waals surface area contributed by atoms with Gasteiger partial charge in [0, 0.05) is 44.4 Å². The first-order chi connectivity index (χ1) is 40.9. The smallest absolute Gasteiger partial charge is 0.155 e. The number of rotatable bonds is 10. The fraction of sp³-hybridized carbons (Fsp3) is 0.111. The molecule has 0 saturated carbocycles. The number of halogens is 2. The third kappa shape index (κ3) is 8.54. The minimum absolute atomic E-state index is 0.0636. The minimum Gasteiger partial charge on any atom is -0.307 e. The monoisotopic (exact) mass is 999 g/mol. The van der Waals surface area contributed by atoms with Crippen molar-refractivity contribution in [2.45, 2.75) is 55.4 Å². The average Bonchev–Trinajstić information content (AvgIpc) is 0.754. The van der Waals surface area contributed by atoms with Gasteiger partial charge in [-0.15, -0.1) is 0 Å². The lowest BCUT2D eigenvalue weighted by molar-refractivity contribution is 0.632. The third-order valence-corrected chi connectivity index (χ3v) is 14.3. The van der Waals surface area contributed by atoms with Crippen LogP contribution in [0.5, 0.6) is 0 Å². The van der Waals surface area contributed by atoms with E-state index < -0.39 is 72.1 Å². The number of hydrogen-bond acceptors (Lipinski definition) is 2. The number of para-hydroxylation sites is 2. The second-order valence-corrected chi connectivity index (χ2v) is 20.4. The van der Waals surface area contributed by atoms with Crippen molar-refractivity contribution < 1.29 is 22.5 Å². The summed E-state index contributed by atoms with van der Waals surface area (Å²) >= 11 is 0. The van der Waals surface area contributed by atoms with E-state index in [1.165, 1.54) is 9.80 Å². The summed E-state index contributed by atoms with van der Waals surface area (Å²) in [4.78, 5) is 2.93. The molecule has 0 atom stereocenters. The molecule has 12 rings (SSSR count). The van der Waals surface area contributed by atoms with Gasteiger partial charge in [-0.2, -0.15) is 0 Å². The number of aryl methyl sites for hydroxylation is 8. The molecule has 0 unspecified atom stereocenters. The van der Waals surface area contributed by atoms with Crippen LogP contribution in [0, 0.1) is 67.0 Å². The van der Waals surface area contributed by atoms with Gasteiger partial charge in [0.1, 0.15) is 0 Å². The Labute approximate surface area is 459 Å². The van der Waals surface area contributed by atoms with Crippen molar-refractivity contribution in [2.24, 2.45) is 0 Å². The molecule has 0 amide bonds. The molecular weight excluding hydrogens is 931 g/mol. The Balaban J connectivity index is 1.23. The first-order valence-electron chi connectivity index (χ1n) is 30.4. The van der Waals surface area contributed by atoms with E-state index >= 15 is 8.78 Å². The van der Waals surface area contributed by atoms with E-state index in [-0.39, 0.29) is 45.3 Å². The second kappa shape index (κ2) is 19.1. The molecule has 0 aliphatic carbocycles. The van der Waals surface area contributed by atoms with Crippen molar-refractivity contribution >= 4 is 66.4 Å². The predicted octanol–water partition coefficient (Wildman–Crippen LogP) is 20.9. The standard InChI is InChI=1S/C72H58F2N2/c1-43-31-44(2)36-53(35-43)59-25-27-61(55-39-47(5)33-48(6)40-55)71(69(59)73)75(57-15-11-9-12-16-57)65-29-21-51-20-24-64-66(30-22-52-19-23-63(65)67(51)68(52)64)76(58-17-13-10-14-18-58)72-62(56-41-49(7)34-50(8)42-56)28-26-60(70(72)74)54-37-45(3)32-46(4)38-54/h9-42H,1-8H3/i9D,10D,11D,12D,13D,14D,15D,16D,17D,18D. The van der Waals surface area contributed by atoms with Crippen molar-refractivity contribution in [1.82, 2.24) is 0 Å². The molecule has 0 heterocycles. The molecule has 370 valence electrons. The van der Waals surface area contributed by atoms with Gasteiger partial charge in [0.2, 0.25) is 0 Å². The van der Waals surface area contributed by atoms with Crippen molar-refractivity contribution in [1.29, 1.82) is 0 Å². The summed E-state index contributed by atoms with van der Waals surface area (Å²) in [6.45, 7) is 15.5. The van der Waals surface area contributed by atoms with Crippen LogP contribution < -0.4 is 9.80 Å². The zero-order chi connectivity index (χ0) is 61.2. The fourth-order valence-electron chi connectivity index (χ4n) is 11.6. The summed E-state index contributed by atoms with van der Waals surface area (Å²) in [5.41, 5.74) is 10.7. The molecule has 12 aromatic carbocycles. The van der Waals surface area contributed by atoms with E-state index in [4.69, 9.17) is 8.22 Å². The van der Waals surface area contributed by atoms with E-state index in [0.717, 1.165) is 44.5 Å². The largest absolute Gasteiger partial charge is 0.307 e. The van der Waals surface area contributed by atoms with Crippen LogP contribution in [0.3, 0.4) is 0 Å². The molecule has 0 fully saturated rings. The molecule has 0 saturated heterocycles. The molecule has 0 aromatic heterocycles. The van der Waals surface area contributed by atoms with Gasteiger partial charge in [-0.3, -0.25) is 0 Å². The van der Waals surface area contributed by atoms with Gasteiger partial charge in [-0.05, 0) is 135 Å². The van der Waals surface area contributed by atoms with Crippen molar-refractivity contribution in [3.8, 4) is 44.5 Å². The first kappa shape index (κ1) is 37.8. The minimum atomic E-state index is -0.703. The maximum Gasteiger partial charge on any atom is 0.155 e. The normalized spacial score (nSPS) is 13.4. The third-order valence-electron chi connectivity index (χ3n) is 14.3. The Morgan fingerprint density at radius 2 is 0.592 bits per heavy atom. The Morgan fingerprint density at radius 1 is 0.316 bits per heavy atom. The quantitative estimate of drug-likeness (QED) is 0.126. The molecule has 12 aromatic rings. The number of benzene rings is 12. The first-order valence-corrected chi connectivity index (χ1v) is 25.4. The Hall–Kier alpha value is -8.86. The summed E-state index contributed by atoms with van der Waals surface area (Å²) < 4.78 is 130. The lowest BCUT2D eigenvalue weighted by Crippen LogP contribution is -2.15. The molecule has 2 nitrogen and oxygen atoms in total. The van der Waals surface area contributed by atoms with Gasteiger partial charge in [0.05, 0.1) is 36.5 Å². The molecule has 0 spiro atoms. The van der Waals surface area contributed by atoms with Crippen LogP contribution in [0.25, 0.3) is 76.8 Å². The van der Waals surface area contributed by atoms with Gasteiger partial charge < -0.3 is 9.80 Å². The molecule has 0 bridgehead atoms. The van der Waals surface area contributed by atoms with Crippen LogP contribution in [-0.2, 0) is 0 Å². The van der Waals surface area contributed by atoms with Gasteiger partial charge >= 0.3 is 0 Å². The van der Waals surface area contributed by atoms with Gasteiger partial charge in [-0.25, -0.2) is 8.78 Å². The molecule has 0 aliphatic rings. The van der Waals surface area contributed by atoms with E-state index in [0.29, 0.717) is 65.7 Å². The van der Waals surface area contributed by atoms with Crippen LogP contribution in [0.1, 0.15) is 58.2 Å². The topological polar surface area (TPSA) is 6.48 Å². The highest BCUT2D eigenvalue weighted by Gasteiger charge is 2.30. The highest BCUT2D eigenvalue weighted by Crippen LogP contribution is 2.52. The van der Waals surface area contributed by atoms with Gasteiger partial charge in [0.25, 0.3) is 0 Å². The Bertz CT molecular complexity index is 4420. The lowest BCUT2D eigenvalue weighted by Gasteiger charge is -2.32. The van der Waals surface area contributed by atoms with Crippen LogP contribution in [0.2, 0.25) is 0 Å². The predicted molar refractivity (Wildman–Crippen MR) is 319 cm³/mol. The molecule has 0 aliphatic heterocycles. The van der Waals surface area contributed by atoms with Crippen LogP contribution in [0.4, 0.5) is 42.9 Å². The summed E-state index contributed by atoms with van der Waals surface area (Å²) in [7, 11) is 0. The molecular formula is C72H58F2N2. The number of anilines is 6. The summed E-state index contributed by atoms with van der Waals surface area (Å²) in [5, 5.41) is 3.59. The van der Waals surface area contributed by atoms with Crippen molar-refractivity contribution in [2.75, 3.05) is 9.80 Å². The van der Waals surface area contributed by atoms with E-state index in [1.807, 2.05) is 177 Å². The number of hydrogen-bond donors (Lipinski definition) is 0. The zero-order valence-corrected chi connectivity index (χ0v) is 43.5. The highest BCUT2D eigenvalue weighted by atomic mass is 19.1. The Kier molecular flexibility index (Phi) is 9.51. The van der Waals surface area contributed by atoms with E-state index in [1.54, 1.807) is 24.3 Å². The van der Waals surface area contributed by atoms with Crippen molar-refractivity contribution in [3.05, 3.63) is 262 Å². The van der Waals surface area contributed by atoms with Crippen LogP contribution in [-0.4, -0.2) is 0 Å². The van der Waals surface area contributed by atoms with Crippen LogP contribution >= 0.6 is 0 Å². The fourth-order valence-corrected chi connectivity index (χ4v) is 11.6. The van der Waals surface area contributed by atoms with Crippen LogP contribution in [0.15, 0.2) is 206 Å². The molecule has 0 N–H and O–H groups in total. The lowest BCUT2D eigenvalue weighted by atomic mass is 9.90. The summed E-state index contributed by atoms with van der Waals surface area (Å²) in [5.74, 6) is -1.41.